The van der Waals surface area contributed by atoms with Gasteiger partial charge in [-0.05, 0) is 49.7 Å². The second-order valence-corrected chi connectivity index (χ2v) is 6.99. The molecule has 0 spiro atoms. The number of fused-ring (bicyclic) bond motifs is 1. The van der Waals surface area contributed by atoms with Crippen molar-refractivity contribution < 1.29 is 4.79 Å². The fourth-order valence-corrected chi connectivity index (χ4v) is 4.09. The molecule has 1 heterocycles. The van der Waals surface area contributed by atoms with Crippen molar-refractivity contribution in [3.8, 4) is 0 Å². The monoisotopic (exact) mass is 306 g/mol. The smallest absolute Gasteiger partial charge is 0.227 e. The molecule has 4 heteroatoms. The predicted octanol–water partition coefficient (Wildman–Crippen LogP) is 4.59. The molecule has 2 saturated carbocycles. The minimum Gasteiger partial charge on any atom is -0.324 e. The molecule has 0 saturated heterocycles. The first-order chi connectivity index (χ1) is 10.1. The van der Waals surface area contributed by atoms with Crippen molar-refractivity contribution in [2.75, 3.05) is 5.32 Å². The Hall–Kier alpha value is -1.09. The third kappa shape index (κ3) is 3.39. The molecular formula is C17H23ClN2O. The van der Waals surface area contributed by atoms with E-state index in [1.807, 2.05) is 13.0 Å². The van der Waals surface area contributed by atoms with Gasteiger partial charge in [-0.25, -0.2) is 4.98 Å². The molecule has 3 unspecified atom stereocenters. The molecule has 1 aromatic heterocycles. The van der Waals surface area contributed by atoms with Crippen LogP contribution >= 0.6 is 11.6 Å². The number of anilines is 1. The normalized spacial score (nSPS) is 28.8. The highest BCUT2D eigenvalue weighted by atomic mass is 35.5. The van der Waals surface area contributed by atoms with Crippen molar-refractivity contribution in [3.05, 3.63) is 23.0 Å². The predicted molar refractivity (Wildman–Crippen MR) is 85.4 cm³/mol. The van der Waals surface area contributed by atoms with Crippen LogP contribution in [0.4, 0.5) is 5.69 Å². The highest BCUT2D eigenvalue weighted by molar-refractivity contribution is 6.30. The van der Waals surface area contributed by atoms with Gasteiger partial charge in [0.25, 0.3) is 0 Å². The second-order valence-electron chi connectivity index (χ2n) is 6.64. The molecular weight excluding hydrogens is 284 g/mol. The molecule has 114 valence electrons. The van der Waals surface area contributed by atoms with E-state index in [1.54, 1.807) is 6.20 Å². The van der Waals surface area contributed by atoms with E-state index in [2.05, 4.69) is 10.3 Å². The zero-order valence-electron chi connectivity index (χ0n) is 12.6. The third-order valence-electron chi connectivity index (χ3n) is 5.19. The topological polar surface area (TPSA) is 42.0 Å². The Kier molecular flexibility index (Phi) is 4.48. The Morgan fingerprint density at radius 3 is 2.76 bits per heavy atom. The van der Waals surface area contributed by atoms with E-state index in [1.165, 1.54) is 32.1 Å². The van der Waals surface area contributed by atoms with Gasteiger partial charge in [-0.2, -0.15) is 0 Å². The van der Waals surface area contributed by atoms with Gasteiger partial charge in [0.05, 0.1) is 11.9 Å². The van der Waals surface area contributed by atoms with Crippen LogP contribution in [0, 0.1) is 24.7 Å². The summed E-state index contributed by atoms with van der Waals surface area (Å²) in [4.78, 5) is 16.6. The van der Waals surface area contributed by atoms with Crippen LogP contribution in [-0.4, -0.2) is 10.9 Å². The molecule has 2 aliphatic rings. The van der Waals surface area contributed by atoms with Gasteiger partial charge < -0.3 is 5.32 Å². The Balaban J connectivity index is 1.61. The van der Waals surface area contributed by atoms with Crippen LogP contribution < -0.4 is 5.32 Å². The highest BCUT2D eigenvalue weighted by Gasteiger charge is 2.34. The van der Waals surface area contributed by atoms with Crippen LogP contribution in [0.2, 0.25) is 5.15 Å². The fraction of sp³-hybridized carbons (Fsp3) is 0.647. The average molecular weight is 307 g/mol. The number of carbonyl (C=O) groups is 1. The van der Waals surface area contributed by atoms with E-state index >= 15 is 0 Å². The molecule has 0 aromatic carbocycles. The van der Waals surface area contributed by atoms with Crippen LogP contribution in [0.25, 0.3) is 0 Å². The fourth-order valence-electron chi connectivity index (χ4n) is 3.98. The van der Waals surface area contributed by atoms with Crippen molar-refractivity contribution in [1.29, 1.82) is 0 Å². The largest absolute Gasteiger partial charge is 0.324 e. The van der Waals surface area contributed by atoms with Gasteiger partial charge in [-0.1, -0.05) is 37.3 Å². The maximum absolute atomic E-state index is 12.5. The molecule has 1 aromatic rings. The number of hydrogen-bond acceptors (Lipinski definition) is 2. The number of nitrogens with zero attached hydrogens (tertiary/aromatic N) is 1. The summed E-state index contributed by atoms with van der Waals surface area (Å²) in [6.07, 6.45) is 10.4. The number of rotatable bonds is 2. The molecule has 2 aliphatic carbocycles. The number of aryl methyl sites for hydroxylation is 1. The number of carbonyl (C=O) groups excluding carboxylic acids is 1. The van der Waals surface area contributed by atoms with Crippen LogP contribution in [0.15, 0.2) is 12.3 Å². The zero-order chi connectivity index (χ0) is 14.8. The van der Waals surface area contributed by atoms with Crippen molar-refractivity contribution in [1.82, 2.24) is 4.98 Å². The Morgan fingerprint density at radius 1 is 1.24 bits per heavy atom. The number of amides is 1. The summed E-state index contributed by atoms with van der Waals surface area (Å²) < 4.78 is 0. The molecule has 0 aliphatic heterocycles. The second kappa shape index (κ2) is 6.35. The zero-order valence-corrected chi connectivity index (χ0v) is 13.3. The lowest BCUT2D eigenvalue weighted by Gasteiger charge is -2.38. The van der Waals surface area contributed by atoms with Crippen molar-refractivity contribution >= 4 is 23.2 Å². The first-order valence-electron chi connectivity index (χ1n) is 8.06. The molecule has 0 bridgehead atoms. The summed E-state index contributed by atoms with van der Waals surface area (Å²) >= 11 is 5.92. The molecule has 1 N–H and O–H groups in total. The number of pyridine rings is 1. The summed E-state index contributed by atoms with van der Waals surface area (Å²) in [5.41, 5.74) is 1.65. The SMILES string of the molecule is Cc1cc(NC(=O)C2CCC3CCCCC3C2)cnc1Cl. The van der Waals surface area contributed by atoms with E-state index in [-0.39, 0.29) is 11.8 Å². The number of hydrogen-bond donors (Lipinski definition) is 1. The van der Waals surface area contributed by atoms with E-state index in [0.29, 0.717) is 5.15 Å². The summed E-state index contributed by atoms with van der Waals surface area (Å²) in [7, 11) is 0. The quantitative estimate of drug-likeness (QED) is 0.812. The Labute approximate surface area is 131 Å². The Bertz CT molecular complexity index is 532. The van der Waals surface area contributed by atoms with Crippen LogP contribution in [0.5, 0.6) is 0 Å². The molecule has 2 fully saturated rings. The molecule has 21 heavy (non-hydrogen) atoms. The number of aromatic nitrogens is 1. The van der Waals surface area contributed by atoms with E-state index in [9.17, 15) is 4.79 Å². The number of halogens is 1. The van der Waals surface area contributed by atoms with Crippen molar-refractivity contribution in [3.63, 3.8) is 0 Å². The third-order valence-corrected chi connectivity index (χ3v) is 5.59. The van der Waals surface area contributed by atoms with Gasteiger partial charge >= 0.3 is 0 Å². The summed E-state index contributed by atoms with van der Waals surface area (Å²) in [6.45, 7) is 1.90. The van der Waals surface area contributed by atoms with Gasteiger partial charge in [0.1, 0.15) is 5.15 Å². The first kappa shape index (κ1) is 14.8. The van der Waals surface area contributed by atoms with Crippen LogP contribution in [0.3, 0.4) is 0 Å². The molecule has 3 nitrogen and oxygen atoms in total. The standard InChI is InChI=1S/C17H23ClN2O/c1-11-8-15(10-19-16(11)18)20-17(21)14-7-6-12-4-2-3-5-13(12)9-14/h8,10,12-14H,2-7,9H2,1H3,(H,20,21). The van der Waals surface area contributed by atoms with Gasteiger partial charge in [-0.15, -0.1) is 0 Å². The first-order valence-corrected chi connectivity index (χ1v) is 8.44. The van der Waals surface area contributed by atoms with Gasteiger partial charge in [-0.3, -0.25) is 4.79 Å². The molecule has 1 amide bonds. The van der Waals surface area contributed by atoms with E-state index in [0.717, 1.165) is 35.9 Å². The summed E-state index contributed by atoms with van der Waals surface area (Å²) in [5.74, 6) is 1.97. The average Bonchev–Trinajstić information content (AvgIpc) is 2.50. The van der Waals surface area contributed by atoms with Gasteiger partial charge in [0, 0.05) is 5.92 Å². The lowest BCUT2D eigenvalue weighted by atomic mass is 9.67. The summed E-state index contributed by atoms with van der Waals surface area (Å²) in [6, 6.07) is 1.89. The van der Waals surface area contributed by atoms with Crippen molar-refractivity contribution in [2.24, 2.45) is 17.8 Å². The minimum absolute atomic E-state index is 0.155. The van der Waals surface area contributed by atoms with Crippen LogP contribution in [-0.2, 0) is 4.79 Å². The number of nitrogens with one attached hydrogen (secondary N) is 1. The Morgan fingerprint density at radius 2 is 2.00 bits per heavy atom. The van der Waals surface area contributed by atoms with Gasteiger partial charge in [0.2, 0.25) is 5.91 Å². The maximum Gasteiger partial charge on any atom is 0.227 e. The summed E-state index contributed by atoms with van der Waals surface area (Å²) in [5, 5.41) is 3.51. The molecule has 3 rings (SSSR count). The minimum atomic E-state index is 0.155. The highest BCUT2D eigenvalue weighted by Crippen LogP contribution is 2.42. The molecule has 3 atom stereocenters. The lowest BCUT2D eigenvalue weighted by Crippen LogP contribution is -2.33. The van der Waals surface area contributed by atoms with Crippen LogP contribution in [0.1, 0.15) is 50.5 Å². The van der Waals surface area contributed by atoms with E-state index < -0.39 is 0 Å². The lowest BCUT2D eigenvalue weighted by molar-refractivity contribution is -0.122. The van der Waals surface area contributed by atoms with E-state index in [4.69, 9.17) is 11.6 Å². The van der Waals surface area contributed by atoms with Gasteiger partial charge in [0.15, 0.2) is 0 Å². The molecule has 0 radical (unpaired) electrons. The maximum atomic E-state index is 12.5. The van der Waals surface area contributed by atoms with Crippen molar-refractivity contribution in [2.45, 2.75) is 51.9 Å².